The van der Waals surface area contributed by atoms with Crippen LogP contribution in [0.1, 0.15) is 5.56 Å². The average molecular weight is 550 g/mol. The highest BCUT2D eigenvalue weighted by atomic mass is 79.9. The molecule has 0 aliphatic carbocycles. The number of aromatic nitrogens is 1. The van der Waals surface area contributed by atoms with Crippen LogP contribution in [0.5, 0.6) is 0 Å². The SMILES string of the molecule is O=c1oc2c(Br)cc(Br)cc2cc1-c1cnc(N/N=C/c2ccc([N+](=O)[O-])cc2)s1. The highest BCUT2D eigenvalue weighted by molar-refractivity contribution is 9.11. The molecule has 30 heavy (non-hydrogen) atoms. The van der Waals surface area contributed by atoms with Gasteiger partial charge in [-0.15, -0.1) is 0 Å². The van der Waals surface area contributed by atoms with Crippen LogP contribution in [-0.2, 0) is 0 Å². The molecule has 150 valence electrons. The summed E-state index contributed by atoms with van der Waals surface area (Å²) in [6.07, 6.45) is 3.09. The number of anilines is 1. The van der Waals surface area contributed by atoms with Crippen molar-refractivity contribution in [3.8, 4) is 10.4 Å². The lowest BCUT2D eigenvalue weighted by Gasteiger charge is -2.03. The number of nitrogens with zero attached hydrogens (tertiary/aromatic N) is 3. The summed E-state index contributed by atoms with van der Waals surface area (Å²) < 4.78 is 7.00. The second-order valence-corrected chi connectivity index (χ2v) is 8.80. The molecule has 0 saturated carbocycles. The predicted molar refractivity (Wildman–Crippen MR) is 123 cm³/mol. The lowest BCUT2D eigenvalue weighted by Crippen LogP contribution is -2.01. The quantitative estimate of drug-likeness (QED) is 0.146. The lowest BCUT2D eigenvalue weighted by atomic mass is 10.2. The van der Waals surface area contributed by atoms with Gasteiger partial charge < -0.3 is 4.42 Å². The van der Waals surface area contributed by atoms with E-state index in [1.54, 1.807) is 24.4 Å². The summed E-state index contributed by atoms with van der Waals surface area (Å²) in [5.74, 6) is 0. The summed E-state index contributed by atoms with van der Waals surface area (Å²) in [5, 5.41) is 16.0. The molecule has 0 radical (unpaired) electrons. The number of nitro benzene ring substituents is 1. The van der Waals surface area contributed by atoms with Crippen molar-refractivity contribution in [2.24, 2.45) is 5.10 Å². The molecule has 0 bridgehead atoms. The monoisotopic (exact) mass is 548 g/mol. The van der Waals surface area contributed by atoms with Crippen LogP contribution < -0.4 is 11.1 Å². The van der Waals surface area contributed by atoms with Gasteiger partial charge in [0.1, 0.15) is 0 Å². The van der Waals surface area contributed by atoms with E-state index < -0.39 is 10.5 Å². The van der Waals surface area contributed by atoms with Gasteiger partial charge in [0.15, 0.2) is 5.58 Å². The Morgan fingerprint density at radius 2 is 1.97 bits per heavy atom. The minimum atomic E-state index is -0.463. The molecule has 0 fully saturated rings. The molecule has 11 heteroatoms. The van der Waals surface area contributed by atoms with Crippen LogP contribution in [0.2, 0.25) is 0 Å². The molecule has 0 amide bonds. The van der Waals surface area contributed by atoms with E-state index >= 15 is 0 Å². The Hall–Kier alpha value is -2.89. The number of nitro groups is 1. The van der Waals surface area contributed by atoms with E-state index in [9.17, 15) is 14.9 Å². The van der Waals surface area contributed by atoms with Gasteiger partial charge in [-0.05, 0) is 51.8 Å². The molecule has 0 aliphatic rings. The Kier molecular flexibility index (Phi) is 5.75. The Morgan fingerprint density at radius 1 is 1.20 bits per heavy atom. The summed E-state index contributed by atoms with van der Waals surface area (Å²) in [4.78, 5) is 27.5. The highest BCUT2D eigenvalue weighted by Gasteiger charge is 2.13. The lowest BCUT2D eigenvalue weighted by molar-refractivity contribution is -0.384. The Labute approximate surface area is 189 Å². The fourth-order valence-electron chi connectivity index (χ4n) is 2.62. The third-order valence-electron chi connectivity index (χ3n) is 4.00. The van der Waals surface area contributed by atoms with E-state index in [1.165, 1.54) is 29.7 Å². The van der Waals surface area contributed by atoms with Gasteiger partial charge in [-0.3, -0.25) is 15.5 Å². The smallest absolute Gasteiger partial charge is 0.345 e. The van der Waals surface area contributed by atoms with Gasteiger partial charge in [0.2, 0.25) is 5.13 Å². The van der Waals surface area contributed by atoms with Crippen molar-refractivity contribution >= 4 is 71.2 Å². The topological polar surface area (TPSA) is 111 Å². The van der Waals surface area contributed by atoms with Crippen molar-refractivity contribution in [3.63, 3.8) is 0 Å². The van der Waals surface area contributed by atoms with E-state index in [0.29, 0.717) is 31.2 Å². The zero-order valence-electron chi connectivity index (χ0n) is 14.8. The average Bonchev–Trinajstić information content (AvgIpc) is 3.17. The zero-order valence-corrected chi connectivity index (χ0v) is 18.8. The summed E-state index contributed by atoms with van der Waals surface area (Å²) in [6, 6.07) is 11.4. The molecule has 0 spiro atoms. The molecule has 2 heterocycles. The van der Waals surface area contributed by atoms with Crippen LogP contribution in [-0.4, -0.2) is 16.1 Å². The molecule has 2 aromatic heterocycles. The molecule has 0 unspecified atom stereocenters. The van der Waals surface area contributed by atoms with Gasteiger partial charge in [0.25, 0.3) is 5.69 Å². The van der Waals surface area contributed by atoms with Gasteiger partial charge in [-0.2, -0.15) is 5.10 Å². The number of benzene rings is 2. The van der Waals surface area contributed by atoms with E-state index in [1.807, 2.05) is 12.1 Å². The van der Waals surface area contributed by atoms with Gasteiger partial charge >= 0.3 is 5.63 Å². The maximum Gasteiger partial charge on any atom is 0.345 e. The molecular formula is C19H10Br2N4O4S. The number of thiazole rings is 1. The highest BCUT2D eigenvalue weighted by Crippen LogP contribution is 2.32. The first-order chi connectivity index (χ1) is 14.4. The number of nitrogens with one attached hydrogen (secondary N) is 1. The Bertz CT molecular complexity index is 1350. The molecular weight excluding hydrogens is 540 g/mol. The van der Waals surface area contributed by atoms with Crippen LogP contribution in [0.4, 0.5) is 10.8 Å². The molecule has 0 aliphatic heterocycles. The van der Waals surface area contributed by atoms with Crippen molar-refractivity contribution < 1.29 is 9.34 Å². The van der Waals surface area contributed by atoms with Crippen molar-refractivity contribution in [1.29, 1.82) is 0 Å². The molecule has 0 saturated heterocycles. The molecule has 1 N–H and O–H groups in total. The third kappa shape index (κ3) is 4.32. The van der Waals surface area contributed by atoms with Crippen LogP contribution in [0.25, 0.3) is 21.4 Å². The Balaban J connectivity index is 1.55. The van der Waals surface area contributed by atoms with E-state index in [4.69, 9.17) is 4.42 Å². The number of hydrogen-bond donors (Lipinski definition) is 1. The number of hydrogen-bond acceptors (Lipinski definition) is 8. The predicted octanol–water partition coefficient (Wildman–Crippen LogP) is 5.80. The normalized spacial score (nSPS) is 11.3. The summed E-state index contributed by atoms with van der Waals surface area (Å²) in [7, 11) is 0. The minimum absolute atomic E-state index is 0.0120. The number of non-ortho nitro benzene ring substituents is 1. The summed E-state index contributed by atoms with van der Waals surface area (Å²) in [6.45, 7) is 0. The van der Waals surface area contributed by atoms with Crippen LogP contribution >= 0.6 is 43.2 Å². The zero-order chi connectivity index (χ0) is 21.3. The number of halogens is 2. The van der Waals surface area contributed by atoms with Crippen molar-refractivity contribution in [2.45, 2.75) is 0 Å². The number of rotatable bonds is 5. The van der Waals surface area contributed by atoms with Gasteiger partial charge in [-0.25, -0.2) is 9.78 Å². The fraction of sp³-hybridized carbons (Fsp3) is 0. The molecule has 4 rings (SSSR count). The van der Waals surface area contributed by atoms with E-state index in [0.717, 1.165) is 9.86 Å². The third-order valence-corrected chi connectivity index (χ3v) is 5.98. The van der Waals surface area contributed by atoms with E-state index in [-0.39, 0.29) is 5.69 Å². The maximum atomic E-state index is 12.4. The van der Waals surface area contributed by atoms with Crippen LogP contribution in [0.15, 0.2) is 71.9 Å². The first-order valence-electron chi connectivity index (χ1n) is 8.33. The molecule has 0 atom stereocenters. The minimum Gasteiger partial charge on any atom is -0.421 e. The first kappa shape index (κ1) is 20.4. The maximum absolute atomic E-state index is 12.4. The van der Waals surface area contributed by atoms with Gasteiger partial charge in [0.05, 0.1) is 26.1 Å². The van der Waals surface area contributed by atoms with Crippen molar-refractivity contribution in [3.05, 3.63) is 83.7 Å². The van der Waals surface area contributed by atoms with Crippen molar-refractivity contribution in [2.75, 3.05) is 5.43 Å². The molecule has 8 nitrogen and oxygen atoms in total. The van der Waals surface area contributed by atoms with Gasteiger partial charge in [0, 0.05) is 28.2 Å². The van der Waals surface area contributed by atoms with Crippen LogP contribution in [0, 0.1) is 10.1 Å². The number of fused-ring (bicyclic) bond motifs is 1. The standard InChI is InChI=1S/C19H10Br2N4O4S/c20-12-5-11-6-14(18(26)29-17(11)15(21)7-12)16-9-22-19(30-16)24-23-8-10-1-3-13(4-2-10)25(27)28/h1-9H,(H,22,24)/b23-8+. The second-order valence-electron chi connectivity index (χ2n) is 6.00. The second kappa shape index (κ2) is 8.46. The first-order valence-corrected chi connectivity index (χ1v) is 10.7. The van der Waals surface area contributed by atoms with Crippen molar-refractivity contribution in [1.82, 2.24) is 4.98 Å². The van der Waals surface area contributed by atoms with Gasteiger partial charge in [-0.1, -0.05) is 27.3 Å². The van der Waals surface area contributed by atoms with E-state index in [2.05, 4.69) is 47.4 Å². The molecule has 4 aromatic rings. The Morgan fingerprint density at radius 3 is 2.70 bits per heavy atom. The largest absolute Gasteiger partial charge is 0.421 e. The summed E-state index contributed by atoms with van der Waals surface area (Å²) >= 11 is 8.07. The summed E-state index contributed by atoms with van der Waals surface area (Å²) in [5.41, 5.74) is 3.91. The fourth-order valence-corrected chi connectivity index (χ4v) is 4.73. The molecule has 2 aromatic carbocycles. The number of hydrazone groups is 1. The van der Waals surface area contributed by atoms with Crippen LogP contribution in [0.3, 0.4) is 0 Å².